The Morgan fingerprint density at radius 1 is 1.17 bits per heavy atom. The number of carbonyl (C=O) groups is 1. The van der Waals surface area contributed by atoms with E-state index < -0.39 is 0 Å². The van der Waals surface area contributed by atoms with Crippen molar-refractivity contribution in [1.82, 2.24) is 9.88 Å². The number of carbonyl (C=O) groups excluding carboxylic acids is 1. The highest BCUT2D eigenvalue weighted by Gasteiger charge is 2.18. The predicted molar refractivity (Wildman–Crippen MR) is 71.6 cm³/mol. The number of urea groups is 1. The molecule has 0 aliphatic carbocycles. The zero-order valence-corrected chi connectivity index (χ0v) is 10.1. The van der Waals surface area contributed by atoms with Crippen molar-refractivity contribution in [3.05, 3.63) is 36.5 Å². The first-order valence-electron chi connectivity index (χ1n) is 6.24. The lowest BCUT2D eigenvalue weighted by molar-refractivity contribution is 0.222. The summed E-state index contributed by atoms with van der Waals surface area (Å²) in [4.78, 5) is 18.2. The number of hydrogen-bond acceptors (Lipinski definition) is 2. The van der Waals surface area contributed by atoms with Crippen LogP contribution in [0.2, 0.25) is 0 Å². The van der Waals surface area contributed by atoms with Gasteiger partial charge in [-0.3, -0.25) is 4.98 Å². The average molecular weight is 241 g/mol. The summed E-state index contributed by atoms with van der Waals surface area (Å²) in [5.41, 5.74) is 1.62. The minimum atomic E-state index is -0.0225. The van der Waals surface area contributed by atoms with Crippen molar-refractivity contribution in [2.75, 3.05) is 18.4 Å². The van der Waals surface area contributed by atoms with E-state index in [4.69, 9.17) is 0 Å². The van der Waals surface area contributed by atoms with Gasteiger partial charge >= 0.3 is 6.03 Å². The second-order valence-electron chi connectivity index (χ2n) is 4.51. The third kappa shape index (κ3) is 2.01. The van der Waals surface area contributed by atoms with Gasteiger partial charge in [0.1, 0.15) is 0 Å². The highest BCUT2D eigenvalue weighted by molar-refractivity contribution is 5.99. The Kier molecular flexibility index (Phi) is 2.84. The summed E-state index contributed by atoms with van der Waals surface area (Å²) in [7, 11) is 0. The lowest BCUT2D eigenvalue weighted by Crippen LogP contribution is -2.32. The number of aromatic nitrogens is 1. The van der Waals surface area contributed by atoms with Crippen molar-refractivity contribution in [3.63, 3.8) is 0 Å². The maximum absolute atomic E-state index is 12.0. The van der Waals surface area contributed by atoms with Gasteiger partial charge in [0.05, 0.1) is 11.2 Å². The molecule has 18 heavy (non-hydrogen) atoms. The van der Waals surface area contributed by atoms with Gasteiger partial charge in [-0.05, 0) is 25.0 Å². The predicted octanol–water partition coefficient (Wildman–Crippen LogP) is 2.86. The number of benzene rings is 1. The number of anilines is 1. The zero-order valence-electron chi connectivity index (χ0n) is 10.1. The van der Waals surface area contributed by atoms with Crippen molar-refractivity contribution < 1.29 is 4.79 Å². The van der Waals surface area contributed by atoms with E-state index in [1.165, 1.54) is 0 Å². The molecule has 0 atom stereocenters. The molecule has 4 heteroatoms. The number of hydrogen-bond donors (Lipinski definition) is 1. The normalized spacial score (nSPS) is 15.0. The largest absolute Gasteiger partial charge is 0.325 e. The molecule has 2 aromatic rings. The summed E-state index contributed by atoms with van der Waals surface area (Å²) in [6, 6.07) is 9.69. The Morgan fingerprint density at radius 3 is 2.78 bits per heavy atom. The minimum absolute atomic E-state index is 0.0225. The molecule has 0 spiro atoms. The van der Waals surface area contributed by atoms with E-state index in [0.717, 1.165) is 42.5 Å². The standard InChI is InChI=1S/C14H15N3O/c18-14(17-9-1-2-10-17)16-12-7-3-5-11-6-4-8-15-13(11)12/h3-8H,1-2,9-10H2,(H,16,18). The van der Waals surface area contributed by atoms with Crippen LogP contribution in [0.5, 0.6) is 0 Å². The van der Waals surface area contributed by atoms with Crippen molar-refractivity contribution in [3.8, 4) is 0 Å². The van der Waals surface area contributed by atoms with E-state index in [1.54, 1.807) is 6.20 Å². The first-order chi connectivity index (χ1) is 8.84. The lowest BCUT2D eigenvalue weighted by atomic mass is 10.2. The third-order valence-electron chi connectivity index (χ3n) is 3.27. The molecule has 1 aliphatic rings. The Morgan fingerprint density at radius 2 is 1.94 bits per heavy atom. The van der Waals surface area contributed by atoms with Crippen LogP contribution < -0.4 is 5.32 Å². The second kappa shape index (κ2) is 4.64. The van der Waals surface area contributed by atoms with Crippen LogP contribution in [0.4, 0.5) is 10.5 Å². The molecule has 1 N–H and O–H groups in total. The van der Waals surface area contributed by atoms with Crippen LogP contribution in [0, 0.1) is 0 Å². The van der Waals surface area contributed by atoms with Crippen LogP contribution >= 0.6 is 0 Å². The smallest absolute Gasteiger partial charge is 0.321 e. The van der Waals surface area contributed by atoms with E-state index in [-0.39, 0.29) is 6.03 Å². The number of para-hydroxylation sites is 1. The highest BCUT2D eigenvalue weighted by atomic mass is 16.2. The molecular formula is C14H15N3O. The monoisotopic (exact) mass is 241 g/mol. The molecule has 0 unspecified atom stereocenters. The number of nitrogens with one attached hydrogen (secondary N) is 1. The highest BCUT2D eigenvalue weighted by Crippen LogP contribution is 2.21. The van der Waals surface area contributed by atoms with Crippen molar-refractivity contribution in [2.24, 2.45) is 0 Å². The van der Waals surface area contributed by atoms with Crippen LogP contribution in [0.25, 0.3) is 10.9 Å². The Labute approximate surface area is 106 Å². The first kappa shape index (κ1) is 11.0. The molecule has 1 aromatic heterocycles. The molecule has 1 fully saturated rings. The molecule has 1 aromatic carbocycles. The fourth-order valence-electron chi connectivity index (χ4n) is 2.32. The van der Waals surface area contributed by atoms with Crippen LogP contribution in [0.1, 0.15) is 12.8 Å². The van der Waals surface area contributed by atoms with Crippen LogP contribution in [-0.2, 0) is 0 Å². The molecule has 1 aliphatic heterocycles. The summed E-state index contributed by atoms with van der Waals surface area (Å²) in [5.74, 6) is 0. The number of rotatable bonds is 1. The molecule has 2 amide bonds. The summed E-state index contributed by atoms with van der Waals surface area (Å²) >= 11 is 0. The Hall–Kier alpha value is -2.10. The molecule has 4 nitrogen and oxygen atoms in total. The van der Waals surface area contributed by atoms with Gasteiger partial charge in [0.25, 0.3) is 0 Å². The van der Waals surface area contributed by atoms with E-state index in [1.807, 2.05) is 35.2 Å². The molecule has 0 saturated carbocycles. The minimum Gasteiger partial charge on any atom is -0.325 e. The van der Waals surface area contributed by atoms with Gasteiger partial charge in [-0.15, -0.1) is 0 Å². The summed E-state index contributed by atoms with van der Waals surface area (Å²) < 4.78 is 0. The molecule has 2 heterocycles. The fraction of sp³-hybridized carbons (Fsp3) is 0.286. The quantitative estimate of drug-likeness (QED) is 0.834. The molecule has 0 bridgehead atoms. The topological polar surface area (TPSA) is 45.2 Å². The number of amides is 2. The van der Waals surface area contributed by atoms with Crippen LogP contribution in [0.15, 0.2) is 36.5 Å². The third-order valence-corrected chi connectivity index (χ3v) is 3.27. The van der Waals surface area contributed by atoms with E-state index in [0.29, 0.717) is 0 Å². The summed E-state index contributed by atoms with van der Waals surface area (Å²) in [6.45, 7) is 1.70. The first-order valence-corrected chi connectivity index (χ1v) is 6.24. The molecule has 1 saturated heterocycles. The maximum Gasteiger partial charge on any atom is 0.321 e. The van der Waals surface area contributed by atoms with Gasteiger partial charge in [0.2, 0.25) is 0 Å². The number of pyridine rings is 1. The molecule has 0 radical (unpaired) electrons. The molecular weight excluding hydrogens is 226 g/mol. The van der Waals surface area contributed by atoms with Gasteiger partial charge < -0.3 is 10.2 Å². The SMILES string of the molecule is O=C(Nc1cccc2cccnc12)N1CCCC1. The summed E-state index contributed by atoms with van der Waals surface area (Å²) in [5, 5.41) is 3.99. The van der Waals surface area contributed by atoms with Crippen molar-refractivity contribution in [1.29, 1.82) is 0 Å². The second-order valence-corrected chi connectivity index (χ2v) is 4.51. The maximum atomic E-state index is 12.0. The van der Waals surface area contributed by atoms with Crippen LogP contribution in [-0.4, -0.2) is 29.0 Å². The Bertz CT molecular complexity index is 571. The van der Waals surface area contributed by atoms with Crippen LogP contribution in [0.3, 0.4) is 0 Å². The average Bonchev–Trinajstić information content (AvgIpc) is 2.93. The van der Waals surface area contributed by atoms with Gasteiger partial charge in [0.15, 0.2) is 0 Å². The Balaban J connectivity index is 1.88. The van der Waals surface area contributed by atoms with Crippen molar-refractivity contribution >= 4 is 22.6 Å². The van der Waals surface area contributed by atoms with Gasteiger partial charge in [-0.2, -0.15) is 0 Å². The number of likely N-dealkylation sites (tertiary alicyclic amines) is 1. The van der Waals surface area contributed by atoms with E-state index in [2.05, 4.69) is 10.3 Å². The lowest BCUT2D eigenvalue weighted by Gasteiger charge is -2.16. The summed E-state index contributed by atoms with van der Waals surface area (Å²) in [6.07, 6.45) is 3.94. The molecule has 3 rings (SSSR count). The number of fused-ring (bicyclic) bond motifs is 1. The number of nitrogens with zero attached hydrogens (tertiary/aromatic N) is 2. The van der Waals surface area contributed by atoms with Crippen molar-refractivity contribution in [2.45, 2.75) is 12.8 Å². The van der Waals surface area contributed by atoms with Gasteiger partial charge in [0, 0.05) is 24.7 Å². The fourth-order valence-corrected chi connectivity index (χ4v) is 2.32. The zero-order chi connectivity index (χ0) is 12.4. The van der Waals surface area contributed by atoms with E-state index >= 15 is 0 Å². The van der Waals surface area contributed by atoms with E-state index in [9.17, 15) is 4.79 Å². The van der Waals surface area contributed by atoms with Gasteiger partial charge in [-0.25, -0.2) is 4.79 Å². The molecule has 92 valence electrons. The van der Waals surface area contributed by atoms with Gasteiger partial charge in [-0.1, -0.05) is 18.2 Å².